The SMILES string of the molecule is CCCC(C)(CC)C(C)CC. The maximum atomic E-state index is 2.44. The molecule has 0 aliphatic rings. The second-order valence-corrected chi connectivity index (χ2v) is 4.07. The first-order valence-electron chi connectivity index (χ1n) is 5.10. The first-order chi connectivity index (χ1) is 5.10. The Balaban J connectivity index is 4.07. The van der Waals surface area contributed by atoms with Crippen molar-refractivity contribution in [2.24, 2.45) is 11.3 Å². The van der Waals surface area contributed by atoms with Gasteiger partial charge in [-0.25, -0.2) is 0 Å². The normalized spacial score (nSPS) is 19.4. The van der Waals surface area contributed by atoms with Gasteiger partial charge >= 0.3 is 0 Å². The molecule has 0 radical (unpaired) electrons. The molecule has 0 aromatic carbocycles. The van der Waals surface area contributed by atoms with Crippen molar-refractivity contribution in [2.45, 2.75) is 60.3 Å². The lowest BCUT2D eigenvalue weighted by Gasteiger charge is -2.34. The fraction of sp³-hybridized carbons (Fsp3) is 1.00. The minimum Gasteiger partial charge on any atom is -0.0654 e. The summed E-state index contributed by atoms with van der Waals surface area (Å²) in [5.41, 5.74) is 0.601. The Kier molecular flexibility index (Phi) is 4.79. The topological polar surface area (TPSA) is 0 Å². The van der Waals surface area contributed by atoms with E-state index in [9.17, 15) is 0 Å². The third kappa shape index (κ3) is 2.84. The minimum atomic E-state index is 0.601. The van der Waals surface area contributed by atoms with Crippen LogP contribution in [0, 0.1) is 11.3 Å². The van der Waals surface area contributed by atoms with E-state index >= 15 is 0 Å². The van der Waals surface area contributed by atoms with Gasteiger partial charge < -0.3 is 0 Å². The average molecular weight is 156 g/mol. The summed E-state index contributed by atoms with van der Waals surface area (Å²) in [6.07, 6.45) is 5.37. The van der Waals surface area contributed by atoms with Crippen LogP contribution in [0.15, 0.2) is 0 Å². The fourth-order valence-corrected chi connectivity index (χ4v) is 1.84. The molecule has 2 unspecified atom stereocenters. The maximum absolute atomic E-state index is 2.44. The van der Waals surface area contributed by atoms with Gasteiger partial charge in [0.25, 0.3) is 0 Å². The zero-order valence-corrected chi connectivity index (χ0v) is 8.91. The van der Waals surface area contributed by atoms with Crippen LogP contribution in [-0.4, -0.2) is 0 Å². The van der Waals surface area contributed by atoms with Crippen LogP contribution in [0.2, 0.25) is 0 Å². The molecular formula is C11H24. The van der Waals surface area contributed by atoms with E-state index in [1.165, 1.54) is 25.7 Å². The molecule has 0 bridgehead atoms. The molecule has 0 aromatic heterocycles. The van der Waals surface area contributed by atoms with Crippen LogP contribution in [0.1, 0.15) is 60.3 Å². The van der Waals surface area contributed by atoms with E-state index in [1.54, 1.807) is 0 Å². The highest BCUT2D eigenvalue weighted by Crippen LogP contribution is 2.37. The first-order valence-corrected chi connectivity index (χ1v) is 5.10. The van der Waals surface area contributed by atoms with Gasteiger partial charge in [-0.15, -0.1) is 0 Å². The molecule has 0 heterocycles. The van der Waals surface area contributed by atoms with Gasteiger partial charge in [0.05, 0.1) is 0 Å². The second-order valence-electron chi connectivity index (χ2n) is 4.07. The van der Waals surface area contributed by atoms with E-state index < -0.39 is 0 Å². The average Bonchev–Trinajstić information content (AvgIpc) is 2.03. The van der Waals surface area contributed by atoms with Gasteiger partial charge in [0.1, 0.15) is 0 Å². The van der Waals surface area contributed by atoms with E-state index in [1.807, 2.05) is 0 Å². The van der Waals surface area contributed by atoms with Crippen molar-refractivity contribution in [3.05, 3.63) is 0 Å². The molecule has 0 spiro atoms. The Bertz CT molecular complexity index is 96.2. The standard InChI is InChI=1S/C11H24/c1-6-9-11(5,8-3)10(4)7-2/h10H,6-9H2,1-5H3. The van der Waals surface area contributed by atoms with E-state index in [-0.39, 0.29) is 0 Å². The molecule has 2 atom stereocenters. The van der Waals surface area contributed by atoms with Crippen LogP contribution in [0.3, 0.4) is 0 Å². The number of rotatable bonds is 5. The third-order valence-electron chi connectivity index (χ3n) is 3.43. The quantitative estimate of drug-likeness (QED) is 0.558. The van der Waals surface area contributed by atoms with Crippen molar-refractivity contribution in [3.63, 3.8) is 0 Å². The smallest absolute Gasteiger partial charge is 0.0303 e. The second kappa shape index (κ2) is 4.79. The Morgan fingerprint density at radius 3 is 2.00 bits per heavy atom. The van der Waals surface area contributed by atoms with Crippen LogP contribution >= 0.6 is 0 Å². The highest BCUT2D eigenvalue weighted by atomic mass is 14.3. The van der Waals surface area contributed by atoms with Gasteiger partial charge in [0.2, 0.25) is 0 Å². The van der Waals surface area contributed by atoms with Crippen molar-refractivity contribution in [1.82, 2.24) is 0 Å². The lowest BCUT2D eigenvalue weighted by Crippen LogP contribution is -2.23. The summed E-state index contributed by atoms with van der Waals surface area (Å²) in [6.45, 7) is 11.7. The van der Waals surface area contributed by atoms with Gasteiger partial charge in [-0.05, 0) is 17.8 Å². The lowest BCUT2D eigenvalue weighted by molar-refractivity contribution is 0.169. The van der Waals surface area contributed by atoms with Gasteiger partial charge in [-0.2, -0.15) is 0 Å². The molecule has 0 amide bonds. The predicted octanol–water partition coefficient (Wildman–Crippen LogP) is 4.25. The van der Waals surface area contributed by atoms with Crippen LogP contribution < -0.4 is 0 Å². The first kappa shape index (κ1) is 11.0. The molecule has 0 rings (SSSR count). The van der Waals surface area contributed by atoms with E-state index in [4.69, 9.17) is 0 Å². The summed E-state index contributed by atoms with van der Waals surface area (Å²) in [4.78, 5) is 0. The Labute approximate surface area is 72.4 Å². The number of hydrogen-bond donors (Lipinski definition) is 0. The van der Waals surface area contributed by atoms with E-state index in [0.29, 0.717) is 5.41 Å². The molecule has 68 valence electrons. The lowest BCUT2D eigenvalue weighted by atomic mass is 9.72. The highest BCUT2D eigenvalue weighted by molar-refractivity contribution is 4.77. The molecular weight excluding hydrogens is 132 g/mol. The molecule has 0 heteroatoms. The largest absolute Gasteiger partial charge is 0.0654 e. The van der Waals surface area contributed by atoms with Crippen molar-refractivity contribution in [3.8, 4) is 0 Å². The summed E-state index contributed by atoms with van der Waals surface area (Å²) < 4.78 is 0. The molecule has 0 nitrogen and oxygen atoms in total. The fourth-order valence-electron chi connectivity index (χ4n) is 1.84. The van der Waals surface area contributed by atoms with Gasteiger partial charge in [0.15, 0.2) is 0 Å². The summed E-state index contributed by atoms with van der Waals surface area (Å²) >= 11 is 0. The zero-order chi connectivity index (χ0) is 8.91. The molecule has 0 saturated heterocycles. The van der Waals surface area contributed by atoms with Gasteiger partial charge in [0, 0.05) is 0 Å². The zero-order valence-electron chi connectivity index (χ0n) is 8.91. The monoisotopic (exact) mass is 156 g/mol. The van der Waals surface area contributed by atoms with Crippen molar-refractivity contribution >= 4 is 0 Å². The summed E-state index contributed by atoms with van der Waals surface area (Å²) in [5, 5.41) is 0. The van der Waals surface area contributed by atoms with Crippen LogP contribution in [0.4, 0.5) is 0 Å². The minimum absolute atomic E-state index is 0.601. The Morgan fingerprint density at radius 2 is 1.73 bits per heavy atom. The molecule has 11 heavy (non-hydrogen) atoms. The Morgan fingerprint density at radius 1 is 1.18 bits per heavy atom. The van der Waals surface area contributed by atoms with Crippen LogP contribution in [-0.2, 0) is 0 Å². The molecule has 0 aliphatic carbocycles. The highest BCUT2D eigenvalue weighted by Gasteiger charge is 2.26. The molecule has 0 N–H and O–H groups in total. The molecule has 0 saturated carbocycles. The predicted molar refractivity (Wildman–Crippen MR) is 52.8 cm³/mol. The Hall–Kier alpha value is 0. The third-order valence-corrected chi connectivity index (χ3v) is 3.43. The van der Waals surface area contributed by atoms with E-state index in [0.717, 1.165) is 5.92 Å². The van der Waals surface area contributed by atoms with E-state index in [2.05, 4.69) is 34.6 Å². The van der Waals surface area contributed by atoms with Crippen LogP contribution in [0.25, 0.3) is 0 Å². The molecule has 0 aliphatic heterocycles. The van der Waals surface area contributed by atoms with Gasteiger partial charge in [-0.3, -0.25) is 0 Å². The number of hydrogen-bond acceptors (Lipinski definition) is 0. The van der Waals surface area contributed by atoms with Crippen molar-refractivity contribution < 1.29 is 0 Å². The molecule has 0 aromatic rings. The van der Waals surface area contributed by atoms with Gasteiger partial charge in [-0.1, -0.05) is 53.9 Å². The maximum Gasteiger partial charge on any atom is -0.0303 e. The van der Waals surface area contributed by atoms with Crippen molar-refractivity contribution in [1.29, 1.82) is 0 Å². The van der Waals surface area contributed by atoms with Crippen LogP contribution in [0.5, 0.6) is 0 Å². The van der Waals surface area contributed by atoms with Crippen molar-refractivity contribution in [2.75, 3.05) is 0 Å². The summed E-state index contributed by atoms with van der Waals surface area (Å²) in [7, 11) is 0. The molecule has 0 fully saturated rings. The summed E-state index contributed by atoms with van der Waals surface area (Å²) in [5.74, 6) is 0.882. The summed E-state index contributed by atoms with van der Waals surface area (Å²) in [6, 6.07) is 0.